The minimum Gasteiger partial charge on any atom is -0.481 e. The molecule has 6 nitrogen and oxygen atoms in total. The monoisotopic (exact) mass is 282 g/mol. The van der Waals surface area contributed by atoms with E-state index < -0.39 is 11.4 Å². The van der Waals surface area contributed by atoms with Gasteiger partial charge in [0.25, 0.3) is 0 Å². The van der Waals surface area contributed by atoms with E-state index in [-0.39, 0.29) is 24.2 Å². The van der Waals surface area contributed by atoms with Gasteiger partial charge in [0, 0.05) is 26.6 Å². The molecule has 0 unspecified atom stereocenters. The molecule has 0 aromatic carbocycles. The fourth-order valence-corrected chi connectivity index (χ4v) is 3.02. The quantitative estimate of drug-likeness (QED) is 0.740. The van der Waals surface area contributed by atoms with Crippen molar-refractivity contribution in [3.05, 3.63) is 0 Å². The van der Waals surface area contributed by atoms with Crippen molar-refractivity contribution in [2.75, 3.05) is 20.1 Å². The average Bonchev–Trinajstić information content (AvgIpc) is 3.21. The maximum absolute atomic E-state index is 12.5. The van der Waals surface area contributed by atoms with Crippen molar-refractivity contribution >= 4 is 17.8 Å². The van der Waals surface area contributed by atoms with Crippen LogP contribution in [0.15, 0.2) is 0 Å². The lowest BCUT2D eigenvalue weighted by Gasteiger charge is -2.25. The highest BCUT2D eigenvalue weighted by Crippen LogP contribution is 2.47. The Morgan fingerprint density at radius 2 is 1.95 bits per heavy atom. The topological polar surface area (TPSA) is 86.7 Å². The second kappa shape index (κ2) is 5.81. The summed E-state index contributed by atoms with van der Waals surface area (Å²) in [5, 5.41) is 11.4. The SMILES string of the molecule is CNC(=O)C1(C(=O)N2CCC[C@H](CC(=O)O)CC2)CC1. The second-order valence-electron chi connectivity index (χ2n) is 5.85. The van der Waals surface area contributed by atoms with Gasteiger partial charge < -0.3 is 15.3 Å². The number of carboxylic acids is 1. The van der Waals surface area contributed by atoms with Crippen LogP contribution in [-0.4, -0.2) is 47.9 Å². The van der Waals surface area contributed by atoms with E-state index in [1.807, 2.05) is 0 Å². The number of hydrogen-bond acceptors (Lipinski definition) is 3. The van der Waals surface area contributed by atoms with Gasteiger partial charge in [-0.2, -0.15) is 0 Å². The smallest absolute Gasteiger partial charge is 0.303 e. The minimum absolute atomic E-state index is 0.0761. The maximum Gasteiger partial charge on any atom is 0.303 e. The third kappa shape index (κ3) is 2.94. The zero-order chi connectivity index (χ0) is 14.8. The highest BCUT2D eigenvalue weighted by atomic mass is 16.4. The molecule has 2 amide bonds. The Kier molecular flexibility index (Phi) is 4.30. The third-order valence-corrected chi connectivity index (χ3v) is 4.42. The van der Waals surface area contributed by atoms with Gasteiger partial charge in [0.1, 0.15) is 5.41 Å². The van der Waals surface area contributed by atoms with Gasteiger partial charge in [0.2, 0.25) is 11.8 Å². The first-order chi connectivity index (χ1) is 9.49. The van der Waals surface area contributed by atoms with Gasteiger partial charge in [-0.25, -0.2) is 0 Å². The Balaban J connectivity index is 1.95. The molecule has 2 fully saturated rings. The van der Waals surface area contributed by atoms with E-state index in [1.165, 1.54) is 0 Å². The predicted molar refractivity (Wildman–Crippen MR) is 71.9 cm³/mol. The van der Waals surface area contributed by atoms with Crippen LogP contribution in [-0.2, 0) is 14.4 Å². The van der Waals surface area contributed by atoms with Crippen molar-refractivity contribution in [3.63, 3.8) is 0 Å². The fraction of sp³-hybridized carbons (Fsp3) is 0.786. The summed E-state index contributed by atoms with van der Waals surface area (Å²) in [6.45, 7) is 1.20. The van der Waals surface area contributed by atoms with Gasteiger partial charge in [-0.1, -0.05) is 0 Å². The summed E-state index contributed by atoms with van der Waals surface area (Å²) in [7, 11) is 1.56. The van der Waals surface area contributed by atoms with E-state index in [4.69, 9.17) is 5.11 Å². The van der Waals surface area contributed by atoms with Crippen molar-refractivity contribution in [3.8, 4) is 0 Å². The summed E-state index contributed by atoms with van der Waals surface area (Å²) < 4.78 is 0. The molecule has 0 radical (unpaired) electrons. The maximum atomic E-state index is 12.5. The van der Waals surface area contributed by atoms with Crippen LogP contribution in [0, 0.1) is 11.3 Å². The van der Waals surface area contributed by atoms with Crippen LogP contribution < -0.4 is 5.32 Å². The van der Waals surface area contributed by atoms with Crippen LogP contribution >= 0.6 is 0 Å². The van der Waals surface area contributed by atoms with Crippen molar-refractivity contribution in [1.82, 2.24) is 10.2 Å². The molecule has 0 aromatic heterocycles. The molecule has 1 aliphatic heterocycles. The summed E-state index contributed by atoms with van der Waals surface area (Å²) in [5.74, 6) is -0.902. The highest BCUT2D eigenvalue weighted by molar-refractivity contribution is 6.07. The number of carboxylic acid groups (broad SMARTS) is 1. The summed E-state index contributed by atoms with van der Waals surface area (Å²) in [5.41, 5.74) is -0.832. The van der Waals surface area contributed by atoms with Gasteiger partial charge in [-0.3, -0.25) is 14.4 Å². The van der Waals surface area contributed by atoms with E-state index in [1.54, 1.807) is 11.9 Å². The molecule has 1 saturated carbocycles. The fourth-order valence-electron chi connectivity index (χ4n) is 3.02. The van der Waals surface area contributed by atoms with Gasteiger partial charge in [0.05, 0.1) is 0 Å². The normalized spacial score (nSPS) is 24.6. The molecule has 0 bridgehead atoms. The lowest BCUT2D eigenvalue weighted by atomic mass is 9.97. The van der Waals surface area contributed by atoms with Crippen LogP contribution in [0.2, 0.25) is 0 Å². The summed E-state index contributed by atoms with van der Waals surface area (Å²) in [4.78, 5) is 36.9. The Labute approximate surface area is 118 Å². The molecule has 1 heterocycles. The Morgan fingerprint density at radius 3 is 2.50 bits per heavy atom. The standard InChI is InChI=1S/C14H22N2O4/c1-15-12(19)14(5-6-14)13(20)16-7-2-3-10(4-8-16)9-11(17)18/h10H,2-9H2,1H3,(H,15,19)(H,17,18)/t10-/m0/s1. The average molecular weight is 282 g/mol. The molecular weight excluding hydrogens is 260 g/mol. The molecule has 20 heavy (non-hydrogen) atoms. The number of aliphatic carboxylic acids is 1. The largest absolute Gasteiger partial charge is 0.481 e. The molecule has 6 heteroatoms. The molecule has 2 N–H and O–H groups in total. The molecule has 2 rings (SSSR count). The molecule has 2 aliphatic rings. The van der Waals surface area contributed by atoms with E-state index in [9.17, 15) is 14.4 Å². The molecule has 112 valence electrons. The minimum atomic E-state index is -0.832. The Bertz CT molecular complexity index is 417. The van der Waals surface area contributed by atoms with Crippen molar-refractivity contribution in [1.29, 1.82) is 0 Å². The second-order valence-corrected chi connectivity index (χ2v) is 5.85. The molecule has 1 aliphatic carbocycles. The lowest BCUT2D eigenvalue weighted by Crippen LogP contribution is -2.44. The van der Waals surface area contributed by atoms with Crippen molar-refractivity contribution in [2.24, 2.45) is 11.3 Å². The first-order valence-electron chi connectivity index (χ1n) is 7.23. The van der Waals surface area contributed by atoms with Crippen molar-refractivity contribution < 1.29 is 19.5 Å². The van der Waals surface area contributed by atoms with Crippen molar-refractivity contribution in [2.45, 2.75) is 38.5 Å². The van der Waals surface area contributed by atoms with Crippen LogP contribution in [0.5, 0.6) is 0 Å². The van der Waals surface area contributed by atoms with E-state index >= 15 is 0 Å². The zero-order valence-electron chi connectivity index (χ0n) is 11.9. The summed E-state index contributed by atoms with van der Waals surface area (Å²) in [6.07, 6.45) is 3.78. The molecule has 1 saturated heterocycles. The van der Waals surface area contributed by atoms with E-state index in [0.717, 1.165) is 12.8 Å². The number of nitrogens with zero attached hydrogens (tertiary/aromatic N) is 1. The number of rotatable bonds is 4. The van der Waals surface area contributed by atoms with E-state index in [2.05, 4.69) is 5.32 Å². The van der Waals surface area contributed by atoms with Gasteiger partial charge in [-0.15, -0.1) is 0 Å². The van der Waals surface area contributed by atoms with Gasteiger partial charge in [0.15, 0.2) is 0 Å². The van der Waals surface area contributed by atoms with Crippen LogP contribution in [0.1, 0.15) is 38.5 Å². The number of nitrogens with one attached hydrogen (secondary N) is 1. The van der Waals surface area contributed by atoms with Gasteiger partial charge >= 0.3 is 5.97 Å². The number of amides is 2. The Hall–Kier alpha value is -1.59. The predicted octanol–water partition coefficient (Wildman–Crippen LogP) is 0.616. The molecule has 1 atom stereocenters. The summed E-state index contributed by atoms with van der Waals surface area (Å²) in [6, 6.07) is 0. The number of carbonyl (C=O) groups excluding carboxylic acids is 2. The third-order valence-electron chi connectivity index (χ3n) is 4.42. The van der Waals surface area contributed by atoms with Crippen LogP contribution in [0.3, 0.4) is 0 Å². The zero-order valence-corrected chi connectivity index (χ0v) is 11.9. The van der Waals surface area contributed by atoms with E-state index in [0.29, 0.717) is 32.4 Å². The first-order valence-corrected chi connectivity index (χ1v) is 7.23. The summed E-state index contributed by atoms with van der Waals surface area (Å²) >= 11 is 0. The molecule has 0 spiro atoms. The van der Waals surface area contributed by atoms with Gasteiger partial charge in [-0.05, 0) is 38.0 Å². The number of carbonyl (C=O) groups is 3. The first kappa shape index (κ1) is 14.8. The lowest BCUT2D eigenvalue weighted by molar-refractivity contribution is -0.144. The molecule has 0 aromatic rings. The van der Waals surface area contributed by atoms with Crippen LogP contribution in [0.4, 0.5) is 0 Å². The molecular formula is C14H22N2O4. The van der Waals surface area contributed by atoms with Crippen LogP contribution in [0.25, 0.3) is 0 Å². The number of hydrogen-bond donors (Lipinski definition) is 2. The number of likely N-dealkylation sites (tertiary alicyclic amines) is 1. The highest BCUT2D eigenvalue weighted by Gasteiger charge is 2.57. The Morgan fingerprint density at radius 1 is 1.25 bits per heavy atom.